The van der Waals surface area contributed by atoms with Gasteiger partial charge in [0.25, 0.3) is 0 Å². The number of hydrogen-bond acceptors (Lipinski definition) is 2. The highest BCUT2D eigenvalue weighted by molar-refractivity contribution is 5.97. The highest BCUT2D eigenvalue weighted by Gasteiger charge is 2.12. The Morgan fingerprint density at radius 3 is 2.75 bits per heavy atom. The number of halogens is 1. The van der Waals surface area contributed by atoms with E-state index in [4.69, 9.17) is 5.26 Å². The van der Waals surface area contributed by atoms with Crippen LogP contribution in [0.5, 0.6) is 0 Å². The number of ketones is 1. The Morgan fingerprint density at radius 2 is 2.15 bits per heavy atom. The first-order valence-corrected chi connectivity index (χ1v) is 6.39. The van der Waals surface area contributed by atoms with Crippen LogP contribution in [0.25, 0.3) is 0 Å². The van der Waals surface area contributed by atoms with Crippen LogP contribution in [0.1, 0.15) is 35.3 Å². The quantitative estimate of drug-likeness (QED) is 0.799. The first kappa shape index (κ1) is 14.0. The molecule has 0 aliphatic carbocycles. The van der Waals surface area contributed by atoms with Gasteiger partial charge < -0.3 is 4.57 Å². The van der Waals surface area contributed by atoms with E-state index in [2.05, 4.69) is 0 Å². The SMILES string of the molecule is CC(C)C(=O)c1ccn(Cc2ccc(C#N)cc2F)c1. The Kier molecular flexibility index (Phi) is 3.99. The smallest absolute Gasteiger partial charge is 0.166 e. The van der Waals surface area contributed by atoms with Crippen LogP contribution < -0.4 is 0 Å². The Morgan fingerprint density at radius 1 is 1.40 bits per heavy atom. The minimum atomic E-state index is -0.408. The van der Waals surface area contributed by atoms with Gasteiger partial charge in [0.1, 0.15) is 5.82 Å². The lowest BCUT2D eigenvalue weighted by Gasteiger charge is -2.05. The Balaban J connectivity index is 2.19. The summed E-state index contributed by atoms with van der Waals surface area (Å²) in [6.45, 7) is 4.03. The van der Waals surface area contributed by atoms with Crippen LogP contribution in [0.3, 0.4) is 0 Å². The summed E-state index contributed by atoms with van der Waals surface area (Å²) in [6.07, 6.45) is 3.48. The molecule has 2 rings (SSSR count). The lowest BCUT2D eigenvalue weighted by atomic mass is 10.0. The molecule has 0 fully saturated rings. The minimum absolute atomic E-state index is 0.0579. The molecule has 3 nitrogen and oxygen atoms in total. The molecule has 1 aromatic carbocycles. The first-order valence-electron chi connectivity index (χ1n) is 6.39. The third-order valence-electron chi connectivity index (χ3n) is 3.09. The van der Waals surface area contributed by atoms with Gasteiger partial charge in [0.05, 0.1) is 11.6 Å². The van der Waals surface area contributed by atoms with Gasteiger partial charge in [0, 0.05) is 36.0 Å². The molecule has 20 heavy (non-hydrogen) atoms. The van der Waals surface area contributed by atoms with Crippen molar-refractivity contribution < 1.29 is 9.18 Å². The lowest BCUT2D eigenvalue weighted by molar-refractivity contribution is 0.0939. The third kappa shape index (κ3) is 2.94. The molecule has 0 bridgehead atoms. The summed E-state index contributed by atoms with van der Waals surface area (Å²) < 4.78 is 15.5. The summed E-state index contributed by atoms with van der Waals surface area (Å²) in [4.78, 5) is 11.8. The number of Topliss-reactive ketones (excluding diaryl/α,β-unsaturated/α-hetero) is 1. The van der Waals surface area contributed by atoms with Gasteiger partial charge in [0.15, 0.2) is 5.78 Å². The highest BCUT2D eigenvalue weighted by atomic mass is 19.1. The van der Waals surface area contributed by atoms with E-state index in [-0.39, 0.29) is 11.7 Å². The molecule has 2 aromatic rings. The van der Waals surface area contributed by atoms with Gasteiger partial charge in [-0.3, -0.25) is 4.79 Å². The molecule has 0 N–H and O–H groups in total. The maximum absolute atomic E-state index is 13.8. The molecule has 0 saturated heterocycles. The molecule has 0 aliphatic heterocycles. The van der Waals surface area contributed by atoms with Crippen LogP contribution in [-0.4, -0.2) is 10.4 Å². The fourth-order valence-corrected chi connectivity index (χ4v) is 1.96. The topological polar surface area (TPSA) is 45.8 Å². The van der Waals surface area contributed by atoms with Gasteiger partial charge in [-0.05, 0) is 18.2 Å². The zero-order chi connectivity index (χ0) is 14.7. The first-order chi connectivity index (χ1) is 9.51. The molecule has 0 unspecified atom stereocenters. The van der Waals surface area contributed by atoms with E-state index >= 15 is 0 Å². The van der Waals surface area contributed by atoms with Gasteiger partial charge >= 0.3 is 0 Å². The average Bonchev–Trinajstić information content (AvgIpc) is 2.88. The number of hydrogen-bond donors (Lipinski definition) is 0. The van der Waals surface area contributed by atoms with Gasteiger partial charge in [-0.15, -0.1) is 0 Å². The van der Waals surface area contributed by atoms with Crippen LogP contribution in [0.4, 0.5) is 4.39 Å². The molecule has 0 radical (unpaired) electrons. The molecule has 102 valence electrons. The van der Waals surface area contributed by atoms with Crippen molar-refractivity contribution in [2.75, 3.05) is 0 Å². The number of carbonyl (C=O) groups excluding carboxylic acids is 1. The second kappa shape index (κ2) is 5.70. The van der Waals surface area contributed by atoms with Gasteiger partial charge in [-0.1, -0.05) is 19.9 Å². The predicted molar refractivity (Wildman–Crippen MR) is 73.8 cm³/mol. The van der Waals surface area contributed by atoms with Gasteiger partial charge in [-0.25, -0.2) is 4.39 Å². The van der Waals surface area contributed by atoms with Crippen molar-refractivity contribution in [3.05, 3.63) is 59.2 Å². The van der Waals surface area contributed by atoms with Crippen LogP contribution in [-0.2, 0) is 6.54 Å². The summed E-state index contributed by atoms with van der Waals surface area (Å²) >= 11 is 0. The second-order valence-corrected chi connectivity index (χ2v) is 5.01. The maximum atomic E-state index is 13.8. The number of benzene rings is 1. The molecule has 0 amide bonds. The molecule has 1 heterocycles. The van der Waals surface area contributed by atoms with Crippen molar-refractivity contribution in [1.29, 1.82) is 5.26 Å². The van der Waals surface area contributed by atoms with Crippen molar-refractivity contribution in [2.24, 2.45) is 5.92 Å². The molecule has 0 spiro atoms. The van der Waals surface area contributed by atoms with E-state index in [1.807, 2.05) is 19.9 Å². The zero-order valence-electron chi connectivity index (χ0n) is 11.4. The third-order valence-corrected chi connectivity index (χ3v) is 3.09. The largest absolute Gasteiger partial charge is 0.349 e. The number of nitriles is 1. The van der Waals surface area contributed by atoms with Crippen LogP contribution in [0, 0.1) is 23.1 Å². The number of rotatable bonds is 4. The standard InChI is InChI=1S/C16H15FN2O/c1-11(2)16(20)14-5-6-19(10-14)9-13-4-3-12(8-18)7-15(13)17/h3-7,10-11H,9H2,1-2H3. The summed E-state index contributed by atoms with van der Waals surface area (Å²) in [5.74, 6) is -0.393. The molecule has 4 heteroatoms. The fraction of sp³-hybridized carbons (Fsp3) is 0.250. The van der Waals surface area contributed by atoms with E-state index in [0.29, 0.717) is 23.2 Å². The highest BCUT2D eigenvalue weighted by Crippen LogP contribution is 2.14. The zero-order valence-corrected chi connectivity index (χ0v) is 11.4. The second-order valence-electron chi connectivity index (χ2n) is 5.01. The monoisotopic (exact) mass is 270 g/mol. The molecule has 0 saturated carbocycles. The Hall–Kier alpha value is -2.41. The van der Waals surface area contributed by atoms with Crippen LogP contribution in [0.2, 0.25) is 0 Å². The van der Waals surface area contributed by atoms with E-state index in [1.165, 1.54) is 6.07 Å². The molecule has 1 aromatic heterocycles. The number of carbonyl (C=O) groups is 1. The number of aromatic nitrogens is 1. The summed E-state index contributed by atoms with van der Waals surface area (Å²) in [7, 11) is 0. The van der Waals surface area contributed by atoms with Crippen molar-refractivity contribution in [3.63, 3.8) is 0 Å². The molecule has 0 aliphatic rings. The average molecular weight is 270 g/mol. The Labute approximate surface area is 117 Å². The fourth-order valence-electron chi connectivity index (χ4n) is 1.96. The predicted octanol–water partition coefficient (Wildman–Crippen LogP) is 3.39. The summed E-state index contributed by atoms with van der Waals surface area (Å²) in [5, 5.41) is 8.70. The summed E-state index contributed by atoms with van der Waals surface area (Å²) in [6, 6.07) is 8.04. The van der Waals surface area contributed by atoms with Crippen molar-refractivity contribution >= 4 is 5.78 Å². The van der Waals surface area contributed by atoms with Crippen LogP contribution in [0.15, 0.2) is 36.7 Å². The normalized spacial score (nSPS) is 10.6. The van der Waals surface area contributed by atoms with E-state index in [0.717, 1.165) is 0 Å². The van der Waals surface area contributed by atoms with Gasteiger partial charge in [-0.2, -0.15) is 5.26 Å². The molecule has 0 atom stereocenters. The van der Waals surface area contributed by atoms with Crippen molar-refractivity contribution in [3.8, 4) is 6.07 Å². The van der Waals surface area contributed by atoms with E-state index < -0.39 is 5.82 Å². The minimum Gasteiger partial charge on any atom is -0.349 e. The summed E-state index contributed by atoms with van der Waals surface area (Å²) in [5.41, 5.74) is 1.42. The Bertz CT molecular complexity index is 680. The van der Waals surface area contributed by atoms with Crippen LogP contribution >= 0.6 is 0 Å². The maximum Gasteiger partial charge on any atom is 0.166 e. The molecular formula is C16H15FN2O. The van der Waals surface area contributed by atoms with Gasteiger partial charge in [0.2, 0.25) is 0 Å². The van der Waals surface area contributed by atoms with E-state index in [1.54, 1.807) is 35.2 Å². The lowest BCUT2D eigenvalue weighted by Crippen LogP contribution is -2.06. The van der Waals surface area contributed by atoms with Crippen molar-refractivity contribution in [2.45, 2.75) is 20.4 Å². The van der Waals surface area contributed by atoms with E-state index in [9.17, 15) is 9.18 Å². The van der Waals surface area contributed by atoms with Crippen molar-refractivity contribution in [1.82, 2.24) is 4.57 Å². The number of nitrogens with zero attached hydrogens (tertiary/aromatic N) is 2. The molecular weight excluding hydrogens is 255 g/mol.